The maximum atomic E-state index is 14.1. The highest BCUT2D eigenvalue weighted by atomic mass is 19.1. The molecule has 0 spiro atoms. The zero-order valence-electron chi connectivity index (χ0n) is 12.8. The largest absolute Gasteiger partial charge is 0.497 e. The smallest absolute Gasteiger partial charge is 0.342 e. The molecule has 0 aliphatic carbocycles. The van der Waals surface area contributed by atoms with Crippen LogP contribution in [0.1, 0.15) is 12.0 Å². The second kappa shape index (κ2) is 6.00. The van der Waals surface area contributed by atoms with Gasteiger partial charge in [-0.05, 0) is 24.3 Å². The molecule has 0 saturated carbocycles. The number of carboxylic acids is 1. The average molecular weight is 319 g/mol. The molecule has 1 aliphatic heterocycles. The van der Waals surface area contributed by atoms with Crippen molar-refractivity contribution < 1.29 is 19.0 Å². The van der Waals surface area contributed by atoms with Crippen molar-refractivity contribution in [2.24, 2.45) is 0 Å². The number of halogens is 1. The van der Waals surface area contributed by atoms with E-state index >= 15 is 0 Å². The Morgan fingerprint density at radius 1 is 1.48 bits per heavy atom. The van der Waals surface area contributed by atoms with Gasteiger partial charge in [-0.15, -0.1) is 0 Å². The Bertz CT molecular complexity index is 701. The summed E-state index contributed by atoms with van der Waals surface area (Å²) in [7, 11) is 1.61. The van der Waals surface area contributed by atoms with E-state index in [1.165, 1.54) is 0 Å². The number of hydrogen-bond donors (Lipinski definition) is 2. The van der Waals surface area contributed by atoms with Gasteiger partial charge in [-0.3, -0.25) is 10.00 Å². The lowest BCUT2D eigenvalue weighted by Crippen LogP contribution is -2.36. The molecule has 2 N–H and O–H groups in total. The van der Waals surface area contributed by atoms with Gasteiger partial charge >= 0.3 is 5.97 Å². The first-order chi connectivity index (χ1) is 11.0. The molecule has 6 nitrogen and oxygen atoms in total. The number of H-pyrrole nitrogens is 1. The van der Waals surface area contributed by atoms with E-state index in [-0.39, 0.29) is 13.0 Å². The molecule has 1 atom stereocenters. The fourth-order valence-electron chi connectivity index (χ4n) is 2.84. The average Bonchev–Trinajstić information content (AvgIpc) is 3.16. The number of carboxylic acid groups (broad SMARTS) is 1. The van der Waals surface area contributed by atoms with Gasteiger partial charge in [0.1, 0.15) is 5.75 Å². The molecule has 1 aromatic heterocycles. The monoisotopic (exact) mass is 319 g/mol. The molecule has 0 radical (unpaired) electrons. The van der Waals surface area contributed by atoms with Crippen LogP contribution in [0.4, 0.5) is 4.39 Å². The maximum absolute atomic E-state index is 14.1. The predicted octanol–water partition coefficient (Wildman–Crippen LogP) is 2.08. The summed E-state index contributed by atoms with van der Waals surface area (Å²) in [6, 6.07) is 7.53. The third kappa shape index (κ3) is 3.05. The van der Waals surface area contributed by atoms with Crippen molar-refractivity contribution in [3.8, 4) is 17.0 Å². The second-order valence-corrected chi connectivity index (χ2v) is 5.73. The van der Waals surface area contributed by atoms with Crippen molar-refractivity contribution >= 4 is 5.97 Å². The van der Waals surface area contributed by atoms with Crippen LogP contribution in [0.15, 0.2) is 30.5 Å². The van der Waals surface area contributed by atoms with Gasteiger partial charge in [0.15, 0.2) is 0 Å². The minimum atomic E-state index is -2.15. The van der Waals surface area contributed by atoms with Gasteiger partial charge in [0, 0.05) is 37.2 Å². The molecular formula is C16H18FN3O3. The number of aliphatic carboxylic acids is 1. The number of likely N-dealkylation sites (tertiary alicyclic amines) is 1. The fraction of sp³-hybridized carbons (Fsp3) is 0.375. The summed E-state index contributed by atoms with van der Waals surface area (Å²) in [4.78, 5) is 12.8. The summed E-state index contributed by atoms with van der Waals surface area (Å²) in [5.41, 5.74) is 0.552. The molecule has 7 heteroatoms. The van der Waals surface area contributed by atoms with Crippen molar-refractivity contribution in [2.75, 3.05) is 20.2 Å². The SMILES string of the molecule is COc1ccc(-c2[nH]ncc2CN2CC[C@](F)(C(=O)O)C2)cc1. The number of ether oxygens (including phenoxy) is 1. The molecule has 1 aliphatic rings. The summed E-state index contributed by atoms with van der Waals surface area (Å²) >= 11 is 0. The van der Waals surface area contributed by atoms with E-state index in [9.17, 15) is 9.18 Å². The fourth-order valence-corrected chi connectivity index (χ4v) is 2.84. The molecular weight excluding hydrogens is 301 g/mol. The summed E-state index contributed by atoms with van der Waals surface area (Å²) in [5.74, 6) is -0.624. The highest BCUT2D eigenvalue weighted by molar-refractivity contribution is 5.78. The van der Waals surface area contributed by atoms with Gasteiger partial charge in [0.05, 0.1) is 19.0 Å². The van der Waals surface area contributed by atoms with Crippen molar-refractivity contribution in [3.63, 3.8) is 0 Å². The second-order valence-electron chi connectivity index (χ2n) is 5.73. The number of aromatic amines is 1. The van der Waals surface area contributed by atoms with Gasteiger partial charge in [-0.2, -0.15) is 5.10 Å². The Kier molecular flexibility index (Phi) is 4.04. The number of benzene rings is 1. The number of nitrogens with one attached hydrogen (secondary N) is 1. The molecule has 1 aromatic carbocycles. The molecule has 0 bridgehead atoms. The zero-order valence-corrected chi connectivity index (χ0v) is 12.8. The standard InChI is InChI=1S/C16H18FN3O3/c1-23-13-4-2-11(3-5-13)14-12(8-18-19-14)9-20-7-6-16(17,10-20)15(21)22/h2-5,8H,6-7,9-10H2,1H3,(H,18,19)(H,21,22)/t16-/m1/s1. The third-order valence-electron chi connectivity index (χ3n) is 4.17. The Morgan fingerprint density at radius 3 is 2.83 bits per heavy atom. The maximum Gasteiger partial charge on any atom is 0.342 e. The van der Waals surface area contributed by atoms with E-state index in [2.05, 4.69) is 10.2 Å². The summed E-state index contributed by atoms with van der Waals surface area (Å²) in [6.07, 6.45) is 1.70. The van der Waals surface area contributed by atoms with E-state index in [4.69, 9.17) is 9.84 Å². The highest BCUT2D eigenvalue weighted by Gasteiger charge is 2.45. The van der Waals surface area contributed by atoms with Crippen LogP contribution < -0.4 is 4.74 Å². The Hall–Kier alpha value is -2.41. The topological polar surface area (TPSA) is 78.5 Å². The van der Waals surface area contributed by atoms with Gasteiger partial charge in [-0.1, -0.05) is 0 Å². The first kappa shape index (κ1) is 15.5. The highest BCUT2D eigenvalue weighted by Crippen LogP contribution is 2.29. The molecule has 0 amide bonds. The Labute approximate surface area is 132 Å². The predicted molar refractivity (Wildman–Crippen MR) is 81.9 cm³/mol. The van der Waals surface area contributed by atoms with Crippen molar-refractivity contribution in [1.82, 2.24) is 15.1 Å². The minimum Gasteiger partial charge on any atom is -0.497 e. The van der Waals surface area contributed by atoms with Gasteiger partial charge < -0.3 is 9.84 Å². The van der Waals surface area contributed by atoms with Crippen LogP contribution >= 0.6 is 0 Å². The van der Waals surface area contributed by atoms with Gasteiger partial charge in [0.2, 0.25) is 5.67 Å². The molecule has 0 unspecified atom stereocenters. The first-order valence-electron chi connectivity index (χ1n) is 7.33. The number of aromatic nitrogens is 2. The van der Waals surface area contributed by atoms with Crippen LogP contribution in [0.2, 0.25) is 0 Å². The Balaban J connectivity index is 1.75. The van der Waals surface area contributed by atoms with E-state index in [1.807, 2.05) is 24.3 Å². The van der Waals surface area contributed by atoms with E-state index in [0.29, 0.717) is 13.1 Å². The third-order valence-corrected chi connectivity index (χ3v) is 4.17. The lowest BCUT2D eigenvalue weighted by Gasteiger charge is -2.17. The zero-order chi connectivity index (χ0) is 16.4. The van der Waals surface area contributed by atoms with Crippen molar-refractivity contribution in [1.29, 1.82) is 0 Å². The molecule has 122 valence electrons. The molecule has 1 saturated heterocycles. The van der Waals surface area contributed by atoms with Crippen LogP contribution in [0.5, 0.6) is 5.75 Å². The van der Waals surface area contributed by atoms with E-state index in [0.717, 1.165) is 22.6 Å². The van der Waals surface area contributed by atoms with Crippen LogP contribution in [0, 0.1) is 0 Å². The van der Waals surface area contributed by atoms with E-state index < -0.39 is 11.6 Å². The molecule has 2 aromatic rings. The summed E-state index contributed by atoms with van der Waals surface area (Å²) in [6.45, 7) is 0.766. The van der Waals surface area contributed by atoms with Crippen LogP contribution in [-0.4, -0.2) is 52.0 Å². The quantitative estimate of drug-likeness (QED) is 0.882. The molecule has 23 heavy (non-hydrogen) atoms. The number of nitrogens with zero attached hydrogens (tertiary/aromatic N) is 2. The minimum absolute atomic E-state index is 0.0120. The lowest BCUT2D eigenvalue weighted by molar-refractivity contribution is -0.149. The van der Waals surface area contributed by atoms with Crippen LogP contribution in [0.3, 0.4) is 0 Å². The number of hydrogen-bond acceptors (Lipinski definition) is 4. The normalized spacial score (nSPS) is 21.5. The summed E-state index contributed by atoms with van der Waals surface area (Å²) in [5, 5.41) is 16.0. The van der Waals surface area contributed by atoms with Crippen LogP contribution in [-0.2, 0) is 11.3 Å². The Morgan fingerprint density at radius 2 is 2.22 bits per heavy atom. The molecule has 2 heterocycles. The lowest BCUT2D eigenvalue weighted by atomic mass is 10.1. The van der Waals surface area contributed by atoms with E-state index in [1.54, 1.807) is 18.2 Å². The van der Waals surface area contributed by atoms with Crippen LogP contribution in [0.25, 0.3) is 11.3 Å². The number of rotatable bonds is 5. The number of carbonyl (C=O) groups is 1. The van der Waals surface area contributed by atoms with Gasteiger partial charge in [-0.25, -0.2) is 9.18 Å². The summed E-state index contributed by atoms with van der Waals surface area (Å²) < 4.78 is 19.3. The first-order valence-corrected chi connectivity index (χ1v) is 7.33. The number of alkyl halides is 1. The number of methoxy groups -OCH3 is 1. The molecule has 1 fully saturated rings. The van der Waals surface area contributed by atoms with Gasteiger partial charge in [0.25, 0.3) is 0 Å². The van der Waals surface area contributed by atoms with Crippen molar-refractivity contribution in [3.05, 3.63) is 36.0 Å². The molecule has 3 rings (SSSR count). The van der Waals surface area contributed by atoms with Crippen molar-refractivity contribution in [2.45, 2.75) is 18.6 Å².